The first-order chi connectivity index (χ1) is 10.0. The zero-order valence-corrected chi connectivity index (χ0v) is 13.1. The van der Waals surface area contributed by atoms with Crippen LogP contribution in [0.4, 0.5) is 0 Å². The summed E-state index contributed by atoms with van der Waals surface area (Å²) in [5, 5.41) is 13.5. The number of hydrogen-bond donors (Lipinski definition) is 0. The van der Waals surface area contributed by atoms with Gasteiger partial charge in [0.2, 0.25) is 5.91 Å². The molecular weight excluding hydrogens is 268 g/mol. The number of aryl methyl sites for hydroxylation is 1. The average molecular weight is 290 g/mol. The van der Waals surface area contributed by atoms with Gasteiger partial charge in [-0.3, -0.25) is 9.59 Å². The van der Waals surface area contributed by atoms with Crippen LogP contribution in [0.1, 0.15) is 44.5 Å². The van der Waals surface area contributed by atoms with Crippen molar-refractivity contribution >= 4 is 5.91 Å². The number of rotatable bonds is 6. The van der Waals surface area contributed by atoms with Gasteiger partial charge in [-0.1, -0.05) is 13.8 Å². The third-order valence-electron chi connectivity index (χ3n) is 3.54. The van der Waals surface area contributed by atoms with Gasteiger partial charge in [0.25, 0.3) is 5.56 Å². The smallest absolute Gasteiger partial charge is 0.285 e. The molecule has 0 aliphatic rings. The number of nitriles is 1. The van der Waals surface area contributed by atoms with Crippen molar-refractivity contribution in [3.8, 4) is 6.07 Å². The third-order valence-corrected chi connectivity index (χ3v) is 3.54. The van der Waals surface area contributed by atoms with E-state index in [1.165, 1.54) is 0 Å². The second-order valence-corrected chi connectivity index (χ2v) is 4.65. The molecule has 0 aromatic carbocycles. The van der Waals surface area contributed by atoms with Gasteiger partial charge < -0.3 is 4.90 Å². The molecule has 1 aromatic heterocycles. The van der Waals surface area contributed by atoms with Crippen molar-refractivity contribution in [1.82, 2.24) is 14.7 Å². The third kappa shape index (κ3) is 3.48. The minimum Gasteiger partial charge on any atom is -0.342 e. The molecule has 1 heterocycles. The largest absolute Gasteiger partial charge is 0.342 e. The first kappa shape index (κ1) is 16.9. The lowest BCUT2D eigenvalue weighted by Gasteiger charge is -2.19. The highest BCUT2D eigenvalue weighted by atomic mass is 16.2. The lowest BCUT2D eigenvalue weighted by Crippen LogP contribution is -2.38. The Bertz CT molecular complexity index is 609. The fourth-order valence-electron chi connectivity index (χ4n) is 2.35. The minimum atomic E-state index is -0.480. The molecule has 0 saturated heterocycles. The van der Waals surface area contributed by atoms with Gasteiger partial charge in [0.1, 0.15) is 18.2 Å². The number of likely N-dealkylation sites (N-methyl/N-ethyl adjacent to an activating group) is 1. The van der Waals surface area contributed by atoms with Crippen LogP contribution in [0.2, 0.25) is 0 Å². The minimum absolute atomic E-state index is 0.108. The molecule has 1 amide bonds. The first-order valence-corrected chi connectivity index (χ1v) is 7.34. The molecule has 114 valence electrons. The molecule has 21 heavy (non-hydrogen) atoms. The van der Waals surface area contributed by atoms with Crippen LogP contribution in [-0.4, -0.2) is 33.7 Å². The number of amides is 1. The van der Waals surface area contributed by atoms with Gasteiger partial charge in [-0.2, -0.15) is 10.4 Å². The van der Waals surface area contributed by atoms with E-state index >= 15 is 0 Å². The van der Waals surface area contributed by atoms with E-state index in [1.807, 2.05) is 33.8 Å². The van der Waals surface area contributed by atoms with Crippen molar-refractivity contribution in [3.05, 3.63) is 27.2 Å². The summed E-state index contributed by atoms with van der Waals surface area (Å²) in [6, 6.07) is 1.96. The quantitative estimate of drug-likeness (QED) is 0.786. The van der Waals surface area contributed by atoms with E-state index < -0.39 is 5.56 Å². The maximum absolute atomic E-state index is 12.3. The summed E-state index contributed by atoms with van der Waals surface area (Å²) < 4.78 is 1.12. The van der Waals surface area contributed by atoms with Gasteiger partial charge >= 0.3 is 0 Å². The molecule has 6 nitrogen and oxygen atoms in total. The predicted molar refractivity (Wildman–Crippen MR) is 79.9 cm³/mol. The summed E-state index contributed by atoms with van der Waals surface area (Å²) in [5.41, 5.74) is 1.03. The molecule has 6 heteroatoms. The summed E-state index contributed by atoms with van der Waals surface area (Å²) in [6.07, 6.45) is 1.21. The van der Waals surface area contributed by atoms with E-state index in [2.05, 4.69) is 5.10 Å². The van der Waals surface area contributed by atoms with Crippen molar-refractivity contribution in [2.45, 2.75) is 47.1 Å². The van der Waals surface area contributed by atoms with E-state index in [-0.39, 0.29) is 18.0 Å². The molecule has 0 aliphatic carbocycles. The van der Waals surface area contributed by atoms with Crippen molar-refractivity contribution in [3.63, 3.8) is 0 Å². The van der Waals surface area contributed by atoms with Crippen molar-refractivity contribution in [1.29, 1.82) is 5.26 Å². The van der Waals surface area contributed by atoms with Crippen LogP contribution in [0.5, 0.6) is 0 Å². The van der Waals surface area contributed by atoms with Crippen LogP contribution in [0, 0.1) is 11.3 Å². The molecule has 0 bridgehead atoms. The van der Waals surface area contributed by atoms with Crippen LogP contribution in [0.3, 0.4) is 0 Å². The molecule has 0 N–H and O–H groups in total. The van der Waals surface area contributed by atoms with Crippen molar-refractivity contribution < 1.29 is 4.79 Å². The fraction of sp³-hybridized carbons (Fsp3) is 0.600. The average Bonchev–Trinajstić information content (AvgIpc) is 2.49. The fourth-order valence-corrected chi connectivity index (χ4v) is 2.35. The van der Waals surface area contributed by atoms with Crippen molar-refractivity contribution in [2.75, 3.05) is 13.1 Å². The van der Waals surface area contributed by atoms with Crippen molar-refractivity contribution in [2.24, 2.45) is 0 Å². The lowest BCUT2D eigenvalue weighted by atomic mass is 10.0. The highest BCUT2D eigenvalue weighted by Gasteiger charge is 2.18. The zero-order chi connectivity index (χ0) is 16.0. The van der Waals surface area contributed by atoms with Gasteiger partial charge in [0, 0.05) is 13.1 Å². The normalized spacial score (nSPS) is 10.2. The molecule has 0 fully saturated rings. The van der Waals surface area contributed by atoms with Crippen LogP contribution < -0.4 is 5.56 Å². The Labute approximate surface area is 125 Å². The lowest BCUT2D eigenvalue weighted by molar-refractivity contribution is -0.131. The standard InChI is InChI=1S/C15H22N4O2/c1-5-11-12(9-16)15(21)19(17-13(11)6-2)10-14(20)18(7-3)8-4/h5-8,10H2,1-4H3. The van der Waals surface area contributed by atoms with Gasteiger partial charge in [0.15, 0.2) is 0 Å². The Morgan fingerprint density at radius 1 is 1.24 bits per heavy atom. The molecule has 1 aromatic rings. The van der Waals surface area contributed by atoms with Gasteiger partial charge in [0.05, 0.1) is 5.69 Å². The van der Waals surface area contributed by atoms with E-state index in [9.17, 15) is 14.9 Å². The van der Waals surface area contributed by atoms with Crippen LogP contribution in [0.15, 0.2) is 4.79 Å². The molecule has 0 spiro atoms. The second kappa shape index (κ2) is 7.58. The maximum Gasteiger partial charge on any atom is 0.285 e. The molecule has 0 saturated carbocycles. The van der Waals surface area contributed by atoms with Gasteiger partial charge in [-0.05, 0) is 32.3 Å². The second-order valence-electron chi connectivity index (χ2n) is 4.65. The summed E-state index contributed by atoms with van der Waals surface area (Å²) >= 11 is 0. The molecule has 0 radical (unpaired) electrons. The molecule has 0 atom stereocenters. The molecular formula is C15H22N4O2. The van der Waals surface area contributed by atoms with E-state index in [0.717, 1.165) is 4.68 Å². The monoisotopic (exact) mass is 290 g/mol. The Morgan fingerprint density at radius 2 is 1.86 bits per heavy atom. The number of aromatic nitrogens is 2. The number of hydrogen-bond acceptors (Lipinski definition) is 4. The van der Waals surface area contributed by atoms with E-state index in [4.69, 9.17) is 0 Å². The number of nitrogens with zero attached hydrogens (tertiary/aromatic N) is 4. The summed E-state index contributed by atoms with van der Waals surface area (Å²) in [7, 11) is 0. The Morgan fingerprint density at radius 3 is 2.29 bits per heavy atom. The Balaban J connectivity index is 3.30. The molecule has 0 aliphatic heterocycles. The number of carbonyl (C=O) groups is 1. The van der Waals surface area contributed by atoms with Gasteiger partial charge in [-0.25, -0.2) is 4.68 Å². The predicted octanol–water partition coefficient (Wildman–Crippen LogP) is 1.11. The summed E-state index contributed by atoms with van der Waals surface area (Å²) in [4.78, 5) is 26.1. The summed E-state index contributed by atoms with van der Waals surface area (Å²) in [5.74, 6) is -0.162. The first-order valence-electron chi connectivity index (χ1n) is 7.34. The zero-order valence-electron chi connectivity index (χ0n) is 13.1. The Hall–Kier alpha value is -2.16. The highest BCUT2D eigenvalue weighted by Crippen LogP contribution is 2.10. The topological polar surface area (TPSA) is 79.0 Å². The van der Waals surface area contributed by atoms with Crippen LogP contribution in [-0.2, 0) is 24.2 Å². The van der Waals surface area contributed by atoms with Crippen LogP contribution in [0.25, 0.3) is 0 Å². The highest BCUT2D eigenvalue weighted by molar-refractivity contribution is 5.75. The summed E-state index contributed by atoms with van der Waals surface area (Å²) in [6.45, 7) is 8.63. The maximum atomic E-state index is 12.3. The SMILES string of the molecule is CCc1nn(CC(=O)N(CC)CC)c(=O)c(C#N)c1CC. The van der Waals surface area contributed by atoms with E-state index in [1.54, 1.807) is 4.90 Å². The molecule has 0 unspecified atom stereocenters. The van der Waals surface area contributed by atoms with Crippen LogP contribution >= 0.6 is 0 Å². The van der Waals surface area contributed by atoms with E-state index in [0.29, 0.717) is 37.2 Å². The Kier molecular flexibility index (Phi) is 6.10. The molecule has 1 rings (SSSR count). The number of carbonyl (C=O) groups excluding carboxylic acids is 1. The van der Waals surface area contributed by atoms with Gasteiger partial charge in [-0.15, -0.1) is 0 Å².